The Morgan fingerprint density at radius 2 is 2.24 bits per heavy atom. The fourth-order valence-electron chi connectivity index (χ4n) is 2.26. The molecule has 0 fully saturated rings. The van der Waals surface area contributed by atoms with Gasteiger partial charge in [-0.1, -0.05) is 13.3 Å². The number of fused-ring (bicyclic) bond motifs is 1. The topological polar surface area (TPSA) is 70.9 Å². The van der Waals surface area contributed by atoms with Crippen LogP contribution in [0.3, 0.4) is 0 Å². The van der Waals surface area contributed by atoms with E-state index in [1.54, 1.807) is 6.07 Å². The lowest BCUT2D eigenvalue weighted by atomic mass is 10.1. The largest absolute Gasteiger partial charge is 0.361 e. The number of halogens is 2. The first-order valence-corrected chi connectivity index (χ1v) is 6.90. The maximum absolute atomic E-state index is 13.1. The molecule has 1 aromatic carbocycles. The molecular weight excluding hydrogens is 293 g/mol. The van der Waals surface area contributed by atoms with Crippen LogP contribution in [0.15, 0.2) is 24.4 Å². The number of aromatic amines is 1. The van der Waals surface area contributed by atoms with Crippen LogP contribution in [0.25, 0.3) is 10.9 Å². The van der Waals surface area contributed by atoms with Crippen LogP contribution in [0.5, 0.6) is 0 Å². The number of aromatic nitrogens is 1. The van der Waals surface area contributed by atoms with Crippen molar-refractivity contribution in [1.29, 1.82) is 0 Å². The molecule has 6 heteroatoms. The smallest absolute Gasteiger partial charge is 0.236 e. The second kappa shape index (κ2) is 8.00. The second-order valence-corrected chi connectivity index (χ2v) is 4.94. The number of amides is 1. The minimum absolute atomic E-state index is 0. The molecule has 1 atom stereocenters. The molecule has 0 bridgehead atoms. The van der Waals surface area contributed by atoms with E-state index in [4.69, 9.17) is 5.73 Å². The maximum Gasteiger partial charge on any atom is 0.236 e. The molecular formula is C15H21ClFN3O. The van der Waals surface area contributed by atoms with Crippen LogP contribution in [0, 0.1) is 5.82 Å². The normalized spacial score (nSPS) is 12.0. The van der Waals surface area contributed by atoms with Crippen LogP contribution in [0.1, 0.15) is 25.3 Å². The van der Waals surface area contributed by atoms with E-state index in [1.165, 1.54) is 12.1 Å². The molecule has 116 valence electrons. The summed E-state index contributed by atoms with van der Waals surface area (Å²) < 4.78 is 13.1. The highest BCUT2D eigenvalue weighted by atomic mass is 35.5. The fraction of sp³-hybridized carbons (Fsp3) is 0.400. The Balaban J connectivity index is 0.00000220. The summed E-state index contributed by atoms with van der Waals surface area (Å²) in [7, 11) is 0. The standard InChI is InChI=1S/C15H20FN3O.ClH/c1-2-3-13(17)15(20)18-7-6-10-9-19-14-8-11(16)4-5-12(10)14;/h4-5,8-9,13,19H,2-3,6-7,17H2,1H3,(H,18,20);1H. The van der Waals surface area contributed by atoms with Crippen LogP contribution in [-0.2, 0) is 11.2 Å². The van der Waals surface area contributed by atoms with Crippen molar-refractivity contribution in [2.24, 2.45) is 5.73 Å². The van der Waals surface area contributed by atoms with E-state index in [0.29, 0.717) is 19.4 Å². The molecule has 1 heterocycles. The van der Waals surface area contributed by atoms with E-state index in [2.05, 4.69) is 10.3 Å². The third kappa shape index (κ3) is 4.44. The van der Waals surface area contributed by atoms with E-state index in [-0.39, 0.29) is 24.1 Å². The SMILES string of the molecule is CCCC(N)C(=O)NCCc1c[nH]c2cc(F)ccc12.Cl. The summed E-state index contributed by atoms with van der Waals surface area (Å²) in [6.07, 6.45) is 4.12. The molecule has 1 unspecified atom stereocenters. The van der Waals surface area contributed by atoms with E-state index >= 15 is 0 Å². The third-order valence-corrected chi connectivity index (χ3v) is 3.36. The van der Waals surface area contributed by atoms with Gasteiger partial charge in [0.05, 0.1) is 6.04 Å². The van der Waals surface area contributed by atoms with Crippen molar-refractivity contribution in [2.45, 2.75) is 32.2 Å². The number of nitrogens with one attached hydrogen (secondary N) is 2. The molecule has 2 rings (SSSR count). The fourth-order valence-corrected chi connectivity index (χ4v) is 2.26. The molecule has 0 radical (unpaired) electrons. The number of H-pyrrole nitrogens is 1. The Kier molecular flexibility index (Phi) is 6.65. The summed E-state index contributed by atoms with van der Waals surface area (Å²) in [5.41, 5.74) is 7.57. The van der Waals surface area contributed by atoms with Crippen molar-refractivity contribution in [3.63, 3.8) is 0 Å². The first kappa shape index (κ1) is 17.5. The molecule has 1 aromatic heterocycles. The lowest BCUT2D eigenvalue weighted by Gasteiger charge is -2.10. The number of hydrogen-bond donors (Lipinski definition) is 3. The molecule has 2 aromatic rings. The molecule has 0 aliphatic heterocycles. The van der Waals surface area contributed by atoms with Crippen LogP contribution in [0.2, 0.25) is 0 Å². The number of benzene rings is 1. The Morgan fingerprint density at radius 3 is 2.95 bits per heavy atom. The van der Waals surface area contributed by atoms with Gasteiger partial charge < -0.3 is 16.0 Å². The predicted molar refractivity (Wildman–Crippen MR) is 85.1 cm³/mol. The first-order valence-electron chi connectivity index (χ1n) is 6.90. The Bertz CT molecular complexity index is 600. The van der Waals surface area contributed by atoms with Crippen molar-refractivity contribution in [3.8, 4) is 0 Å². The van der Waals surface area contributed by atoms with Crippen LogP contribution < -0.4 is 11.1 Å². The molecule has 0 aliphatic rings. The predicted octanol–water partition coefficient (Wildman–Crippen LogP) is 2.51. The summed E-state index contributed by atoms with van der Waals surface area (Å²) >= 11 is 0. The van der Waals surface area contributed by atoms with Gasteiger partial charge in [-0.05, 0) is 36.6 Å². The lowest BCUT2D eigenvalue weighted by Crippen LogP contribution is -2.41. The van der Waals surface area contributed by atoms with Crippen LogP contribution in [-0.4, -0.2) is 23.5 Å². The number of carbonyl (C=O) groups is 1. The van der Waals surface area contributed by atoms with Crippen molar-refractivity contribution in [3.05, 3.63) is 35.8 Å². The number of rotatable bonds is 6. The monoisotopic (exact) mass is 313 g/mol. The highest BCUT2D eigenvalue weighted by Gasteiger charge is 2.11. The minimum atomic E-state index is -0.433. The Labute approximate surface area is 129 Å². The van der Waals surface area contributed by atoms with E-state index in [0.717, 1.165) is 22.9 Å². The van der Waals surface area contributed by atoms with Gasteiger partial charge in [-0.15, -0.1) is 12.4 Å². The van der Waals surface area contributed by atoms with Gasteiger partial charge in [0.1, 0.15) is 5.82 Å². The first-order chi connectivity index (χ1) is 9.61. The number of hydrogen-bond acceptors (Lipinski definition) is 2. The van der Waals surface area contributed by atoms with Gasteiger partial charge >= 0.3 is 0 Å². The van der Waals surface area contributed by atoms with Crippen molar-refractivity contribution in [1.82, 2.24) is 10.3 Å². The van der Waals surface area contributed by atoms with Gasteiger partial charge in [0.15, 0.2) is 0 Å². The molecule has 0 saturated heterocycles. The van der Waals surface area contributed by atoms with Gasteiger partial charge in [-0.25, -0.2) is 4.39 Å². The quantitative estimate of drug-likeness (QED) is 0.767. The molecule has 21 heavy (non-hydrogen) atoms. The minimum Gasteiger partial charge on any atom is -0.361 e. The molecule has 4 N–H and O–H groups in total. The summed E-state index contributed by atoms with van der Waals surface area (Å²) in [6, 6.07) is 4.22. The molecule has 0 saturated carbocycles. The highest BCUT2D eigenvalue weighted by molar-refractivity contribution is 5.85. The van der Waals surface area contributed by atoms with Gasteiger partial charge in [0.2, 0.25) is 5.91 Å². The molecule has 0 spiro atoms. The van der Waals surface area contributed by atoms with Gasteiger partial charge in [0.25, 0.3) is 0 Å². The number of carbonyl (C=O) groups excluding carboxylic acids is 1. The zero-order chi connectivity index (χ0) is 14.5. The molecule has 1 amide bonds. The zero-order valence-electron chi connectivity index (χ0n) is 12.0. The summed E-state index contributed by atoms with van der Waals surface area (Å²) in [5, 5.41) is 3.81. The van der Waals surface area contributed by atoms with E-state index in [9.17, 15) is 9.18 Å². The van der Waals surface area contributed by atoms with E-state index < -0.39 is 6.04 Å². The van der Waals surface area contributed by atoms with E-state index in [1.807, 2.05) is 13.1 Å². The maximum atomic E-state index is 13.1. The summed E-state index contributed by atoms with van der Waals surface area (Å²) in [6.45, 7) is 2.53. The highest BCUT2D eigenvalue weighted by Crippen LogP contribution is 2.19. The van der Waals surface area contributed by atoms with Gasteiger partial charge in [0, 0.05) is 23.6 Å². The molecule has 4 nitrogen and oxygen atoms in total. The Morgan fingerprint density at radius 1 is 1.48 bits per heavy atom. The van der Waals surface area contributed by atoms with Crippen molar-refractivity contribution in [2.75, 3.05) is 6.54 Å². The second-order valence-electron chi connectivity index (χ2n) is 4.94. The third-order valence-electron chi connectivity index (χ3n) is 3.36. The van der Waals surface area contributed by atoms with Crippen molar-refractivity contribution >= 4 is 29.2 Å². The molecule has 0 aliphatic carbocycles. The van der Waals surface area contributed by atoms with Gasteiger partial charge in [-0.2, -0.15) is 0 Å². The van der Waals surface area contributed by atoms with Crippen molar-refractivity contribution < 1.29 is 9.18 Å². The van der Waals surface area contributed by atoms with Crippen LogP contribution >= 0.6 is 12.4 Å². The number of nitrogens with two attached hydrogens (primary N) is 1. The summed E-state index contributed by atoms with van der Waals surface area (Å²) in [5.74, 6) is -0.373. The average molecular weight is 314 g/mol. The van der Waals surface area contributed by atoms with Crippen LogP contribution in [0.4, 0.5) is 4.39 Å². The summed E-state index contributed by atoms with van der Waals surface area (Å²) in [4.78, 5) is 14.7. The lowest BCUT2D eigenvalue weighted by molar-refractivity contribution is -0.122. The zero-order valence-corrected chi connectivity index (χ0v) is 12.8. The Hall–Kier alpha value is -1.59. The van der Waals surface area contributed by atoms with Gasteiger partial charge in [-0.3, -0.25) is 4.79 Å². The average Bonchev–Trinajstić information content (AvgIpc) is 2.81.